The predicted octanol–water partition coefficient (Wildman–Crippen LogP) is 3.30. The molecule has 2 aromatic carbocycles. The fraction of sp³-hybridized carbons (Fsp3) is 0.238. The average Bonchev–Trinajstić information content (AvgIpc) is 2.62. The maximum atomic E-state index is 12.0. The van der Waals surface area contributed by atoms with E-state index in [-0.39, 0.29) is 5.91 Å². The first-order valence-electron chi connectivity index (χ1n) is 8.31. The van der Waals surface area contributed by atoms with E-state index in [1.165, 1.54) is 6.08 Å². The lowest BCUT2D eigenvalue weighted by molar-refractivity contribution is -0.150. The van der Waals surface area contributed by atoms with Crippen LogP contribution in [0.5, 0.6) is 0 Å². The topological polar surface area (TPSA) is 55.4 Å². The van der Waals surface area contributed by atoms with Gasteiger partial charge < -0.3 is 10.1 Å². The van der Waals surface area contributed by atoms with Gasteiger partial charge in [0.15, 0.2) is 6.10 Å². The van der Waals surface area contributed by atoms with Crippen LogP contribution in [0.4, 0.5) is 0 Å². The molecule has 0 aromatic heterocycles. The molecule has 0 saturated carbocycles. The SMILES string of the molecule is Cc1ccc(/C=C/C(=O)O[C@@H](C)C(=O)NCCc2ccccc2)cc1. The van der Waals surface area contributed by atoms with Crippen molar-refractivity contribution in [3.8, 4) is 0 Å². The Labute approximate surface area is 148 Å². The van der Waals surface area contributed by atoms with Gasteiger partial charge in [-0.2, -0.15) is 0 Å². The van der Waals surface area contributed by atoms with E-state index >= 15 is 0 Å². The van der Waals surface area contributed by atoms with Crippen molar-refractivity contribution in [1.82, 2.24) is 5.32 Å². The summed E-state index contributed by atoms with van der Waals surface area (Å²) in [6.07, 6.45) is 2.91. The molecule has 1 N–H and O–H groups in total. The smallest absolute Gasteiger partial charge is 0.331 e. The van der Waals surface area contributed by atoms with E-state index in [4.69, 9.17) is 4.74 Å². The second kappa shape index (κ2) is 9.42. The Morgan fingerprint density at radius 1 is 1.08 bits per heavy atom. The van der Waals surface area contributed by atoms with Crippen LogP contribution in [-0.4, -0.2) is 24.5 Å². The highest BCUT2D eigenvalue weighted by molar-refractivity contribution is 5.90. The molecular formula is C21H23NO3. The van der Waals surface area contributed by atoms with Crippen LogP contribution >= 0.6 is 0 Å². The lowest BCUT2D eigenvalue weighted by atomic mass is 10.1. The van der Waals surface area contributed by atoms with Crippen molar-refractivity contribution in [2.45, 2.75) is 26.4 Å². The number of rotatable bonds is 7. The summed E-state index contributed by atoms with van der Waals surface area (Å²) in [5, 5.41) is 2.78. The third-order valence-corrected chi connectivity index (χ3v) is 3.71. The summed E-state index contributed by atoms with van der Waals surface area (Å²) in [6.45, 7) is 4.07. The normalized spacial score (nSPS) is 11.9. The van der Waals surface area contributed by atoms with Crippen LogP contribution in [0, 0.1) is 6.92 Å². The summed E-state index contributed by atoms with van der Waals surface area (Å²) in [7, 11) is 0. The zero-order valence-corrected chi connectivity index (χ0v) is 14.6. The van der Waals surface area contributed by atoms with Crippen LogP contribution in [0.15, 0.2) is 60.7 Å². The maximum Gasteiger partial charge on any atom is 0.331 e. The number of hydrogen-bond acceptors (Lipinski definition) is 3. The first-order chi connectivity index (χ1) is 12.0. The highest BCUT2D eigenvalue weighted by Gasteiger charge is 2.15. The first kappa shape index (κ1) is 18.5. The van der Waals surface area contributed by atoms with Gasteiger partial charge in [0, 0.05) is 12.6 Å². The molecule has 1 amide bonds. The Balaban J connectivity index is 1.74. The number of carbonyl (C=O) groups excluding carboxylic acids is 2. The molecule has 0 aliphatic heterocycles. The van der Waals surface area contributed by atoms with E-state index in [1.807, 2.05) is 61.5 Å². The molecule has 0 aliphatic carbocycles. The molecule has 0 spiro atoms. The minimum atomic E-state index is -0.828. The summed E-state index contributed by atoms with van der Waals surface area (Å²) >= 11 is 0. The summed E-state index contributed by atoms with van der Waals surface area (Å²) in [5.74, 6) is -0.834. The zero-order valence-electron chi connectivity index (χ0n) is 14.6. The van der Waals surface area contributed by atoms with Gasteiger partial charge in [0.2, 0.25) is 0 Å². The fourth-order valence-electron chi connectivity index (χ4n) is 2.23. The fourth-order valence-corrected chi connectivity index (χ4v) is 2.23. The van der Waals surface area contributed by atoms with Crippen molar-refractivity contribution in [2.24, 2.45) is 0 Å². The quantitative estimate of drug-likeness (QED) is 0.623. The number of amides is 1. The molecule has 1 atom stereocenters. The molecule has 0 radical (unpaired) electrons. The van der Waals surface area contributed by atoms with E-state index in [2.05, 4.69) is 5.32 Å². The number of carbonyl (C=O) groups is 2. The number of ether oxygens (including phenoxy) is 1. The van der Waals surface area contributed by atoms with Crippen molar-refractivity contribution in [1.29, 1.82) is 0 Å². The molecule has 4 nitrogen and oxygen atoms in total. The molecule has 0 aliphatic rings. The number of esters is 1. The Morgan fingerprint density at radius 2 is 1.76 bits per heavy atom. The summed E-state index contributed by atoms with van der Waals surface area (Å²) in [6, 6.07) is 17.6. The molecule has 4 heteroatoms. The van der Waals surface area contributed by atoms with Crippen LogP contribution in [-0.2, 0) is 20.7 Å². The molecule has 25 heavy (non-hydrogen) atoms. The molecule has 0 saturated heterocycles. The first-order valence-corrected chi connectivity index (χ1v) is 8.31. The van der Waals surface area contributed by atoms with Crippen LogP contribution < -0.4 is 5.32 Å². The molecular weight excluding hydrogens is 314 g/mol. The second-order valence-electron chi connectivity index (χ2n) is 5.85. The van der Waals surface area contributed by atoms with Gasteiger partial charge in [-0.25, -0.2) is 4.79 Å². The van der Waals surface area contributed by atoms with Gasteiger partial charge in [0.05, 0.1) is 0 Å². The summed E-state index contributed by atoms with van der Waals surface area (Å²) in [5.41, 5.74) is 3.21. The lowest BCUT2D eigenvalue weighted by Crippen LogP contribution is -2.36. The van der Waals surface area contributed by atoms with Gasteiger partial charge in [-0.1, -0.05) is 60.2 Å². The molecule has 2 aromatic rings. The molecule has 0 heterocycles. The predicted molar refractivity (Wildman–Crippen MR) is 98.9 cm³/mol. The zero-order chi connectivity index (χ0) is 18.1. The van der Waals surface area contributed by atoms with E-state index < -0.39 is 12.1 Å². The van der Waals surface area contributed by atoms with Crippen LogP contribution in [0.25, 0.3) is 6.08 Å². The van der Waals surface area contributed by atoms with Crippen LogP contribution in [0.3, 0.4) is 0 Å². The van der Waals surface area contributed by atoms with Gasteiger partial charge in [0.25, 0.3) is 5.91 Å². The maximum absolute atomic E-state index is 12.0. The minimum absolute atomic E-state index is 0.298. The van der Waals surface area contributed by atoms with Gasteiger partial charge in [-0.05, 0) is 37.5 Å². The summed E-state index contributed by atoms with van der Waals surface area (Å²) < 4.78 is 5.12. The van der Waals surface area contributed by atoms with Crippen molar-refractivity contribution >= 4 is 18.0 Å². The standard InChI is InChI=1S/C21H23NO3/c1-16-8-10-19(11-9-16)12-13-20(23)25-17(2)21(24)22-15-14-18-6-4-3-5-7-18/h3-13,17H,14-15H2,1-2H3,(H,22,24)/b13-12+/t17-/m0/s1. The Hall–Kier alpha value is -2.88. The Kier molecular flexibility index (Phi) is 6.96. The van der Waals surface area contributed by atoms with Crippen molar-refractivity contribution in [2.75, 3.05) is 6.54 Å². The van der Waals surface area contributed by atoms with Gasteiger partial charge in [0.1, 0.15) is 0 Å². The van der Waals surface area contributed by atoms with Crippen LogP contribution in [0.1, 0.15) is 23.6 Å². The monoisotopic (exact) mass is 337 g/mol. The number of nitrogens with one attached hydrogen (secondary N) is 1. The van der Waals surface area contributed by atoms with Crippen molar-refractivity contribution < 1.29 is 14.3 Å². The van der Waals surface area contributed by atoms with Crippen LogP contribution in [0.2, 0.25) is 0 Å². The van der Waals surface area contributed by atoms with Gasteiger partial charge in [-0.15, -0.1) is 0 Å². The van der Waals surface area contributed by atoms with E-state index in [0.717, 1.165) is 23.1 Å². The van der Waals surface area contributed by atoms with E-state index in [9.17, 15) is 9.59 Å². The summed E-state index contributed by atoms with van der Waals surface area (Å²) in [4.78, 5) is 23.8. The minimum Gasteiger partial charge on any atom is -0.449 e. The van der Waals surface area contributed by atoms with E-state index in [1.54, 1.807) is 13.0 Å². The molecule has 0 fully saturated rings. The third-order valence-electron chi connectivity index (χ3n) is 3.71. The Bertz CT molecular complexity index is 721. The average molecular weight is 337 g/mol. The second-order valence-corrected chi connectivity index (χ2v) is 5.85. The highest BCUT2D eigenvalue weighted by Crippen LogP contribution is 2.05. The molecule has 0 unspecified atom stereocenters. The Morgan fingerprint density at radius 3 is 2.44 bits per heavy atom. The highest BCUT2D eigenvalue weighted by atomic mass is 16.5. The van der Waals surface area contributed by atoms with Gasteiger partial charge >= 0.3 is 5.97 Å². The number of hydrogen-bond donors (Lipinski definition) is 1. The molecule has 0 bridgehead atoms. The van der Waals surface area contributed by atoms with Gasteiger partial charge in [-0.3, -0.25) is 4.79 Å². The third kappa shape index (κ3) is 6.63. The number of aryl methyl sites for hydroxylation is 1. The molecule has 2 rings (SSSR count). The lowest BCUT2D eigenvalue weighted by Gasteiger charge is -2.12. The van der Waals surface area contributed by atoms with Crippen molar-refractivity contribution in [3.63, 3.8) is 0 Å². The van der Waals surface area contributed by atoms with Crippen molar-refractivity contribution in [3.05, 3.63) is 77.4 Å². The largest absolute Gasteiger partial charge is 0.449 e. The number of benzene rings is 2. The van der Waals surface area contributed by atoms with E-state index in [0.29, 0.717) is 6.54 Å². The molecule has 130 valence electrons.